The first-order valence-electron chi connectivity index (χ1n) is 6.59. The van der Waals surface area contributed by atoms with E-state index < -0.39 is 0 Å². The minimum absolute atomic E-state index is 0.0163. The summed E-state index contributed by atoms with van der Waals surface area (Å²) in [6.07, 6.45) is 6.63. The van der Waals surface area contributed by atoms with Crippen LogP contribution in [0.2, 0.25) is 0 Å². The monoisotopic (exact) mass is 299 g/mol. The summed E-state index contributed by atoms with van der Waals surface area (Å²) in [5, 5.41) is 12.4. The Hall–Kier alpha value is -3.00. The van der Waals surface area contributed by atoms with Gasteiger partial charge in [-0.05, 0) is 23.4 Å². The molecule has 1 aromatic carbocycles. The Bertz CT molecular complexity index is 868. The molecule has 0 spiro atoms. The molecule has 1 atom stereocenters. The second kappa shape index (κ2) is 4.25. The van der Waals surface area contributed by atoms with Crippen LogP contribution in [0.25, 0.3) is 5.69 Å². The van der Waals surface area contributed by atoms with Crippen LogP contribution in [0.5, 0.6) is 0 Å². The molecule has 0 amide bonds. The first kappa shape index (κ1) is 12.7. The number of amidine groups is 1. The van der Waals surface area contributed by atoms with Crippen LogP contribution in [0, 0.1) is 5.82 Å². The van der Waals surface area contributed by atoms with Gasteiger partial charge in [-0.25, -0.2) is 9.37 Å². The second-order valence-corrected chi connectivity index (χ2v) is 5.15. The van der Waals surface area contributed by atoms with Crippen molar-refractivity contribution in [2.75, 3.05) is 0 Å². The molecule has 8 heteroatoms. The number of aliphatic imine (C=N–C) groups is 1. The molecule has 1 aromatic heterocycles. The lowest BCUT2D eigenvalue weighted by molar-refractivity contribution is -0.703. The summed E-state index contributed by atoms with van der Waals surface area (Å²) >= 11 is 0. The molecule has 110 valence electrons. The Balaban J connectivity index is 2.08. The molecule has 4 rings (SSSR count). The van der Waals surface area contributed by atoms with Gasteiger partial charge in [0, 0.05) is 0 Å². The Morgan fingerprint density at radius 1 is 1.45 bits per heavy atom. The SMILES string of the molecule is NC(=NO)[N+]12C=CN=C1c1ccc(F)cc1-n1cncc1C2. The van der Waals surface area contributed by atoms with Crippen molar-refractivity contribution in [3.8, 4) is 5.69 Å². The van der Waals surface area contributed by atoms with Gasteiger partial charge in [0.1, 0.15) is 18.6 Å². The number of halogens is 1. The van der Waals surface area contributed by atoms with E-state index in [1.54, 1.807) is 35.6 Å². The fourth-order valence-corrected chi connectivity index (χ4v) is 2.95. The molecule has 0 saturated carbocycles. The molecular weight excluding hydrogens is 287 g/mol. The molecule has 0 radical (unpaired) electrons. The molecule has 22 heavy (non-hydrogen) atoms. The average Bonchev–Trinajstić information content (AvgIpc) is 3.13. The van der Waals surface area contributed by atoms with Crippen LogP contribution in [0.4, 0.5) is 4.39 Å². The molecule has 0 fully saturated rings. The van der Waals surface area contributed by atoms with Gasteiger partial charge in [0.2, 0.25) is 5.84 Å². The fourth-order valence-electron chi connectivity index (χ4n) is 2.95. The minimum atomic E-state index is -0.353. The molecule has 0 aliphatic carbocycles. The highest BCUT2D eigenvalue weighted by atomic mass is 19.1. The molecule has 0 bridgehead atoms. The minimum Gasteiger partial charge on any atom is -0.405 e. The highest BCUT2D eigenvalue weighted by Gasteiger charge is 2.46. The second-order valence-electron chi connectivity index (χ2n) is 5.15. The standard InChI is InChI=1S/C14H11FN6O/c15-9-1-2-11-12(5-9)20-8-17-6-10(20)7-21(14(16)19-22)4-3-18-13(11)21/h1-6,8H,7H2,(H2-,16,19,22)/p+1. The van der Waals surface area contributed by atoms with Crippen LogP contribution in [0.15, 0.2) is 53.3 Å². The van der Waals surface area contributed by atoms with E-state index in [0.717, 1.165) is 5.69 Å². The van der Waals surface area contributed by atoms with Gasteiger partial charge in [-0.3, -0.25) is 4.57 Å². The number of hydrogen-bond acceptors (Lipinski definition) is 4. The number of oxime groups is 1. The predicted molar refractivity (Wildman–Crippen MR) is 76.6 cm³/mol. The van der Waals surface area contributed by atoms with Crippen molar-refractivity contribution < 1.29 is 14.1 Å². The molecule has 2 aromatic rings. The maximum absolute atomic E-state index is 13.7. The molecular formula is C14H12FN6O+. The van der Waals surface area contributed by atoms with Crippen molar-refractivity contribution in [1.82, 2.24) is 9.55 Å². The Morgan fingerprint density at radius 3 is 3.14 bits per heavy atom. The van der Waals surface area contributed by atoms with E-state index in [9.17, 15) is 9.60 Å². The number of hydrogen-bond donors (Lipinski definition) is 2. The lowest BCUT2D eigenvalue weighted by Gasteiger charge is -2.27. The van der Waals surface area contributed by atoms with E-state index in [1.165, 1.54) is 12.1 Å². The van der Waals surface area contributed by atoms with Gasteiger partial charge in [0.25, 0.3) is 0 Å². The number of quaternary nitrogens is 1. The smallest absolute Gasteiger partial charge is 0.344 e. The van der Waals surface area contributed by atoms with E-state index in [1.807, 2.05) is 0 Å². The summed E-state index contributed by atoms with van der Waals surface area (Å²) in [5.41, 5.74) is 8.07. The predicted octanol–water partition coefficient (Wildman–Crippen LogP) is 1.28. The zero-order valence-corrected chi connectivity index (χ0v) is 11.4. The Morgan fingerprint density at radius 2 is 2.32 bits per heavy atom. The number of nitrogens with zero attached hydrogens (tertiary/aromatic N) is 5. The molecule has 2 aliphatic rings. The fraction of sp³-hybridized carbons (Fsp3) is 0.0714. The van der Waals surface area contributed by atoms with Gasteiger partial charge < -0.3 is 10.9 Å². The van der Waals surface area contributed by atoms with Gasteiger partial charge in [-0.1, -0.05) is 0 Å². The molecule has 1 unspecified atom stereocenters. The maximum atomic E-state index is 13.7. The first-order chi connectivity index (χ1) is 10.7. The molecule has 2 aliphatic heterocycles. The van der Waals surface area contributed by atoms with Crippen LogP contribution in [0.1, 0.15) is 11.3 Å². The number of nitrogens with two attached hydrogens (primary N) is 1. The van der Waals surface area contributed by atoms with Crippen LogP contribution < -0.4 is 5.73 Å². The lowest BCUT2D eigenvalue weighted by Crippen LogP contribution is -2.54. The van der Waals surface area contributed by atoms with E-state index in [4.69, 9.17) is 5.73 Å². The van der Waals surface area contributed by atoms with Gasteiger partial charge in [-0.2, -0.15) is 9.48 Å². The maximum Gasteiger partial charge on any atom is 0.344 e. The van der Waals surface area contributed by atoms with Crippen LogP contribution >= 0.6 is 0 Å². The molecule has 0 saturated heterocycles. The Labute approximate surface area is 124 Å². The van der Waals surface area contributed by atoms with Crippen LogP contribution in [-0.4, -0.2) is 31.0 Å². The van der Waals surface area contributed by atoms with E-state index >= 15 is 0 Å². The third kappa shape index (κ3) is 1.49. The van der Waals surface area contributed by atoms with Crippen molar-refractivity contribution in [2.45, 2.75) is 6.54 Å². The normalized spacial score (nSPS) is 22.6. The number of imidazole rings is 1. The zero-order chi connectivity index (χ0) is 15.3. The topological polar surface area (TPSA) is 88.8 Å². The summed E-state index contributed by atoms with van der Waals surface area (Å²) in [6.45, 7) is 0.363. The quantitative estimate of drug-likeness (QED) is 0.252. The number of rotatable bonds is 0. The highest BCUT2D eigenvalue weighted by Crippen LogP contribution is 2.33. The van der Waals surface area contributed by atoms with Crippen molar-refractivity contribution in [1.29, 1.82) is 0 Å². The molecule has 3 heterocycles. The van der Waals surface area contributed by atoms with Crippen molar-refractivity contribution in [2.24, 2.45) is 15.9 Å². The molecule has 3 N–H and O–H groups in total. The van der Waals surface area contributed by atoms with Gasteiger partial charge in [0.15, 0.2) is 0 Å². The first-order valence-corrected chi connectivity index (χ1v) is 6.59. The number of fused-ring (bicyclic) bond motifs is 5. The van der Waals surface area contributed by atoms with Crippen LogP contribution in [0.3, 0.4) is 0 Å². The summed E-state index contributed by atoms with van der Waals surface area (Å²) < 4.78 is 15.4. The number of aromatic nitrogens is 2. The summed E-state index contributed by atoms with van der Waals surface area (Å²) in [5.74, 6) is 0.208. The molecule has 7 nitrogen and oxygen atoms in total. The van der Waals surface area contributed by atoms with E-state index in [0.29, 0.717) is 23.6 Å². The largest absolute Gasteiger partial charge is 0.405 e. The third-order valence-electron chi connectivity index (χ3n) is 3.99. The van der Waals surface area contributed by atoms with E-state index in [-0.39, 0.29) is 16.3 Å². The van der Waals surface area contributed by atoms with Crippen LogP contribution in [-0.2, 0) is 6.54 Å². The Kier molecular flexibility index (Phi) is 2.46. The van der Waals surface area contributed by atoms with Crippen molar-refractivity contribution in [3.63, 3.8) is 0 Å². The number of benzene rings is 1. The summed E-state index contributed by atoms with van der Waals surface area (Å²) in [7, 11) is 0. The van der Waals surface area contributed by atoms with Gasteiger partial charge >= 0.3 is 5.96 Å². The van der Waals surface area contributed by atoms with Gasteiger partial charge in [0.05, 0.1) is 35.7 Å². The average molecular weight is 299 g/mol. The van der Waals surface area contributed by atoms with Gasteiger partial charge in [-0.15, -0.1) is 0 Å². The highest BCUT2D eigenvalue weighted by molar-refractivity contribution is 6.04. The van der Waals surface area contributed by atoms with Crippen molar-refractivity contribution in [3.05, 3.63) is 60.2 Å². The van der Waals surface area contributed by atoms with Crippen molar-refractivity contribution >= 4 is 11.8 Å². The zero-order valence-electron chi connectivity index (χ0n) is 11.4. The lowest BCUT2D eigenvalue weighted by atomic mass is 10.1. The summed E-state index contributed by atoms with van der Waals surface area (Å²) in [6, 6.07) is 4.43. The van der Waals surface area contributed by atoms with E-state index in [2.05, 4.69) is 15.1 Å². The third-order valence-corrected chi connectivity index (χ3v) is 3.99. The summed E-state index contributed by atoms with van der Waals surface area (Å²) in [4.78, 5) is 8.50. The number of guanidine groups is 1.